The predicted molar refractivity (Wildman–Crippen MR) is 85.4 cm³/mol. The number of likely N-dealkylation sites (tertiary alicyclic amines) is 1. The van der Waals surface area contributed by atoms with Crippen molar-refractivity contribution in [3.05, 3.63) is 20.8 Å². The Bertz CT molecular complexity index is 546. The number of carbonyl (C=O) groups is 2. The largest absolute Gasteiger partial charge is 0.481 e. The Morgan fingerprint density at radius 1 is 1.52 bits per heavy atom. The number of rotatable bonds is 4. The molecule has 7 heteroatoms. The maximum absolute atomic E-state index is 12.2. The topological polar surface area (TPSA) is 69.6 Å². The molecule has 2 N–H and O–H groups in total. The van der Waals surface area contributed by atoms with E-state index in [1.807, 2.05) is 26.0 Å². The van der Waals surface area contributed by atoms with E-state index in [1.165, 1.54) is 0 Å². The molecule has 5 nitrogen and oxygen atoms in total. The first kappa shape index (κ1) is 16.3. The molecule has 2 amide bonds. The number of hydrogen-bond acceptors (Lipinski definition) is 3. The van der Waals surface area contributed by atoms with Crippen LogP contribution in [0.5, 0.6) is 0 Å². The summed E-state index contributed by atoms with van der Waals surface area (Å²) in [5.41, 5.74) is -0.816. The molecule has 0 bridgehead atoms. The molecule has 2 rings (SSSR count). The lowest BCUT2D eigenvalue weighted by molar-refractivity contribution is -0.150. The van der Waals surface area contributed by atoms with E-state index < -0.39 is 11.4 Å². The molecule has 0 saturated carbocycles. The lowest BCUT2D eigenvalue weighted by Gasteiger charge is -2.28. The van der Waals surface area contributed by atoms with E-state index in [2.05, 4.69) is 21.2 Å². The standard InChI is InChI=1S/C14H19BrN2O3S/c1-9(2)14(12(18)19)5-6-17(8-14)13(20)16-7-10-3-4-11(15)21-10/h3-4,9H,5-8H2,1-2H3,(H,16,20)(H,18,19). The van der Waals surface area contributed by atoms with Crippen LogP contribution < -0.4 is 5.32 Å². The molecule has 1 aliphatic rings. The van der Waals surface area contributed by atoms with Crippen LogP contribution >= 0.6 is 27.3 Å². The molecule has 2 heterocycles. The molecule has 0 spiro atoms. The van der Waals surface area contributed by atoms with Crippen molar-refractivity contribution in [3.8, 4) is 0 Å². The SMILES string of the molecule is CC(C)C1(C(=O)O)CCN(C(=O)NCc2ccc(Br)s2)C1. The summed E-state index contributed by atoms with van der Waals surface area (Å²) in [5, 5.41) is 12.3. The Morgan fingerprint density at radius 2 is 2.24 bits per heavy atom. The van der Waals surface area contributed by atoms with Crippen molar-refractivity contribution in [2.45, 2.75) is 26.8 Å². The first-order valence-corrected chi connectivity index (χ1v) is 8.46. The minimum absolute atomic E-state index is 0.000973. The van der Waals surface area contributed by atoms with Crippen molar-refractivity contribution >= 4 is 39.3 Å². The van der Waals surface area contributed by atoms with Crippen LogP contribution in [0.25, 0.3) is 0 Å². The first-order valence-electron chi connectivity index (χ1n) is 6.85. The van der Waals surface area contributed by atoms with Gasteiger partial charge in [0.05, 0.1) is 15.7 Å². The first-order chi connectivity index (χ1) is 9.85. The van der Waals surface area contributed by atoms with Crippen LogP contribution in [-0.4, -0.2) is 35.1 Å². The quantitative estimate of drug-likeness (QED) is 0.850. The van der Waals surface area contributed by atoms with Crippen LogP contribution in [0.1, 0.15) is 25.1 Å². The predicted octanol–water partition coefficient (Wildman–Crippen LogP) is 3.15. The Labute approximate surface area is 136 Å². The van der Waals surface area contributed by atoms with E-state index in [0.717, 1.165) is 8.66 Å². The van der Waals surface area contributed by atoms with Crippen molar-refractivity contribution < 1.29 is 14.7 Å². The van der Waals surface area contributed by atoms with E-state index in [0.29, 0.717) is 19.5 Å². The van der Waals surface area contributed by atoms with Crippen LogP contribution in [0, 0.1) is 11.3 Å². The van der Waals surface area contributed by atoms with Gasteiger partial charge in [-0.25, -0.2) is 4.79 Å². The van der Waals surface area contributed by atoms with Crippen molar-refractivity contribution in [1.82, 2.24) is 10.2 Å². The zero-order chi connectivity index (χ0) is 15.6. The fourth-order valence-corrected chi connectivity index (χ4v) is 4.04. The Balaban J connectivity index is 1.94. The van der Waals surface area contributed by atoms with Gasteiger partial charge in [-0.3, -0.25) is 4.79 Å². The second-order valence-electron chi connectivity index (χ2n) is 5.65. The summed E-state index contributed by atoms with van der Waals surface area (Å²) >= 11 is 4.95. The van der Waals surface area contributed by atoms with Crippen LogP contribution in [0.15, 0.2) is 15.9 Å². The molecule has 1 saturated heterocycles. The highest BCUT2D eigenvalue weighted by atomic mass is 79.9. The summed E-state index contributed by atoms with van der Waals surface area (Å²) in [6.45, 7) is 5.04. The van der Waals surface area contributed by atoms with Crippen LogP contribution in [0.3, 0.4) is 0 Å². The average Bonchev–Trinajstić information content (AvgIpc) is 3.03. The average molecular weight is 375 g/mol. The molecule has 116 valence electrons. The zero-order valence-electron chi connectivity index (χ0n) is 12.1. The van der Waals surface area contributed by atoms with Gasteiger partial charge in [0.25, 0.3) is 0 Å². The number of urea groups is 1. The maximum Gasteiger partial charge on any atom is 0.317 e. The molecule has 0 radical (unpaired) electrons. The summed E-state index contributed by atoms with van der Waals surface area (Å²) < 4.78 is 1.03. The van der Waals surface area contributed by atoms with Crippen molar-refractivity contribution in [2.75, 3.05) is 13.1 Å². The van der Waals surface area contributed by atoms with Crippen LogP contribution in [0.4, 0.5) is 4.79 Å². The highest BCUT2D eigenvalue weighted by Gasteiger charge is 2.48. The number of aliphatic carboxylic acids is 1. The smallest absolute Gasteiger partial charge is 0.317 e. The normalized spacial score (nSPS) is 21.8. The lowest BCUT2D eigenvalue weighted by Crippen LogP contribution is -2.43. The molecule has 1 aromatic heterocycles. The third kappa shape index (κ3) is 3.40. The highest BCUT2D eigenvalue weighted by molar-refractivity contribution is 9.11. The molecule has 0 aromatic carbocycles. The van der Waals surface area contributed by atoms with Crippen molar-refractivity contribution in [3.63, 3.8) is 0 Å². The van der Waals surface area contributed by atoms with E-state index >= 15 is 0 Å². The minimum atomic E-state index is -0.816. The van der Waals surface area contributed by atoms with E-state index in [1.54, 1.807) is 16.2 Å². The van der Waals surface area contributed by atoms with Gasteiger partial charge in [-0.05, 0) is 40.4 Å². The van der Waals surface area contributed by atoms with E-state index in [-0.39, 0.29) is 18.5 Å². The Kier molecular flexibility index (Phi) is 4.93. The van der Waals surface area contributed by atoms with Gasteiger partial charge in [-0.2, -0.15) is 0 Å². The fraction of sp³-hybridized carbons (Fsp3) is 0.571. The highest BCUT2D eigenvalue weighted by Crippen LogP contribution is 2.38. The monoisotopic (exact) mass is 374 g/mol. The second kappa shape index (κ2) is 6.36. The minimum Gasteiger partial charge on any atom is -0.481 e. The van der Waals surface area contributed by atoms with E-state index in [9.17, 15) is 14.7 Å². The molecule has 1 fully saturated rings. The summed E-state index contributed by atoms with van der Waals surface area (Å²) in [7, 11) is 0. The molecule has 1 aliphatic heterocycles. The molecular weight excluding hydrogens is 356 g/mol. The van der Waals surface area contributed by atoms with Gasteiger partial charge in [-0.15, -0.1) is 11.3 Å². The van der Waals surface area contributed by atoms with Gasteiger partial charge in [0.15, 0.2) is 0 Å². The summed E-state index contributed by atoms with van der Waals surface area (Å²) in [4.78, 5) is 26.4. The number of carboxylic acid groups (broad SMARTS) is 1. The van der Waals surface area contributed by atoms with Crippen molar-refractivity contribution in [2.24, 2.45) is 11.3 Å². The van der Waals surface area contributed by atoms with E-state index in [4.69, 9.17) is 0 Å². The third-order valence-corrected chi connectivity index (χ3v) is 5.79. The summed E-state index contributed by atoms with van der Waals surface area (Å²) in [5.74, 6) is -0.809. The van der Waals surface area contributed by atoms with Gasteiger partial charge in [0.1, 0.15) is 0 Å². The fourth-order valence-electron chi connectivity index (χ4n) is 2.62. The number of carbonyl (C=O) groups excluding carboxylic acids is 1. The summed E-state index contributed by atoms with van der Waals surface area (Å²) in [6.07, 6.45) is 0.512. The molecule has 0 aliphatic carbocycles. The molecule has 1 aromatic rings. The molecular formula is C14H19BrN2O3S. The van der Waals surface area contributed by atoms with Gasteiger partial charge >= 0.3 is 12.0 Å². The summed E-state index contributed by atoms with van der Waals surface area (Å²) in [6, 6.07) is 3.70. The maximum atomic E-state index is 12.2. The number of carboxylic acids is 1. The molecule has 1 unspecified atom stereocenters. The third-order valence-electron chi connectivity index (χ3n) is 4.16. The number of hydrogen-bond donors (Lipinski definition) is 2. The number of nitrogens with zero attached hydrogens (tertiary/aromatic N) is 1. The zero-order valence-corrected chi connectivity index (χ0v) is 14.5. The van der Waals surface area contributed by atoms with Gasteiger partial charge in [-0.1, -0.05) is 13.8 Å². The number of amides is 2. The van der Waals surface area contributed by atoms with Gasteiger partial charge in [0.2, 0.25) is 0 Å². The Morgan fingerprint density at radius 3 is 2.71 bits per heavy atom. The van der Waals surface area contributed by atoms with Crippen LogP contribution in [0.2, 0.25) is 0 Å². The number of nitrogens with one attached hydrogen (secondary N) is 1. The molecule has 1 atom stereocenters. The number of halogens is 1. The van der Waals surface area contributed by atoms with Gasteiger partial charge < -0.3 is 15.3 Å². The molecule has 21 heavy (non-hydrogen) atoms. The van der Waals surface area contributed by atoms with Crippen LogP contribution in [-0.2, 0) is 11.3 Å². The number of thiophene rings is 1. The van der Waals surface area contributed by atoms with Gasteiger partial charge in [0, 0.05) is 18.0 Å². The van der Waals surface area contributed by atoms with Crippen molar-refractivity contribution in [1.29, 1.82) is 0 Å². The second-order valence-corrected chi connectivity index (χ2v) is 8.20. The Hall–Kier alpha value is -1.08. The lowest BCUT2D eigenvalue weighted by atomic mass is 9.76.